The van der Waals surface area contributed by atoms with Gasteiger partial charge in [-0.2, -0.15) is 0 Å². The quantitative estimate of drug-likeness (QED) is 0.137. The second-order valence-electron chi connectivity index (χ2n) is 10.7. The third kappa shape index (κ3) is 9.80. The summed E-state index contributed by atoms with van der Waals surface area (Å²) in [6, 6.07) is -0.443. The summed E-state index contributed by atoms with van der Waals surface area (Å²) in [6.07, 6.45) is 2.77. The van der Waals surface area contributed by atoms with E-state index in [0.717, 1.165) is 0 Å². The van der Waals surface area contributed by atoms with Crippen LogP contribution in [0, 0.1) is 10.8 Å². The number of carbonyl (C=O) groups excluding carboxylic acids is 2. The van der Waals surface area contributed by atoms with E-state index in [0.29, 0.717) is 29.9 Å². The van der Waals surface area contributed by atoms with Crippen LogP contribution in [0.3, 0.4) is 0 Å². The van der Waals surface area contributed by atoms with Gasteiger partial charge in [0.2, 0.25) is 13.6 Å². The Morgan fingerprint density at radius 1 is 1.03 bits per heavy atom. The highest BCUT2D eigenvalue weighted by Gasteiger charge is 2.30. The second kappa shape index (κ2) is 14.1. The maximum absolute atomic E-state index is 13.3. The van der Waals surface area contributed by atoms with Gasteiger partial charge in [0.05, 0.1) is 29.8 Å². The number of hydrogen-bond acceptors (Lipinski definition) is 13. The third-order valence-electron chi connectivity index (χ3n) is 5.26. The van der Waals surface area contributed by atoms with E-state index in [2.05, 4.69) is 20.3 Å². The first-order valence-electron chi connectivity index (χ1n) is 12.5. The number of nitrogens with one attached hydrogen (secondary N) is 1. The summed E-state index contributed by atoms with van der Waals surface area (Å²) in [5, 5.41) is 13.1. The number of aromatic nitrogens is 4. The molecule has 2 aromatic rings. The van der Waals surface area contributed by atoms with Crippen LogP contribution in [-0.2, 0) is 37.4 Å². The average Bonchev–Trinajstić information content (AvgIpc) is 3.28. The summed E-state index contributed by atoms with van der Waals surface area (Å²) in [6.45, 7) is 11.1. The number of rotatable bonds is 15. The van der Waals surface area contributed by atoms with Crippen molar-refractivity contribution >= 4 is 36.5 Å². The van der Waals surface area contributed by atoms with Crippen LogP contribution in [0.2, 0.25) is 0 Å². The molecule has 0 aliphatic carbocycles. The molecule has 0 radical (unpaired) electrons. The van der Waals surface area contributed by atoms with Crippen molar-refractivity contribution < 1.29 is 42.5 Å². The molecule has 15 heteroatoms. The van der Waals surface area contributed by atoms with Crippen molar-refractivity contribution in [2.45, 2.75) is 60.9 Å². The molecule has 1 atom stereocenters. The molecule has 2 rings (SSSR count). The molecule has 0 fully saturated rings. The Bertz CT molecular complexity index is 1110. The van der Waals surface area contributed by atoms with Crippen molar-refractivity contribution in [3.05, 3.63) is 12.7 Å². The first kappa shape index (κ1) is 32.6. The van der Waals surface area contributed by atoms with Crippen molar-refractivity contribution in [1.29, 1.82) is 0 Å². The molecule has 0 saturated heterocycles. The summed E-state index contributed by atoms with van der Waals surface area (Å²) >= 11 is 0. The number of ether oxygens (including phenoxy) is 3. The summed E-state index contributed by atoms with van der Waals surface area (Å²) in [7, 11) is -4.01. The first-order valence-corrected chi connectivity index (χ1v) is 14.3. The van der Waals surface area contributed by atoms with Crippen LogP contribution in [0.4, 0.5) is 5.82 Å². The topological polar surface area (TPSA) is 173 Å². The van der Waals surface area contributed by atoms with Crippen molar-refractivity contribution in [2.24, 2.45) is 10.8 Å². The Morgan fingerprint density at radius 2 is 1.62 bits per heavy atom. The van der Waals surface area contributed by atoms with Crippen LogP contribution >= 0.6 is 7.60 Å². The molecule has 0 aliphatic heterocycles. The summed E-state index contributed by atoms with van der Waals surface area (Å²) < 4.78 is 41.1. The van der Waals surface area contributed by atoms with Crippen LogP contribution in [0.5, 0.6) is 0 Å². The minimum absolute atomic E-state index is 0.0519. The summed E-state index contributed by atoms with van der Waals surface area (Å²) in [4.78, 5) is 36.9. The Labute approximate surface area is 228 Å². The summed E-state index contributed by atoms with van der Waals surface area (Å²) in [5.41, 5.74) is -0.470. The smallest absolute Gasteiger partial charge is 0.361 e. The van der Waals surface area contributed by atoms with Crippen LogP contribution in [-0.4, -0.2) is 76.3 Å². The lowest BCUT2D eigenvalue weighted by atomic mass is 9.98. The molecule has 1 unspecified atom stereocenters. The minimum Gasteiger partial charge on any atom is -0.438 e. The van der Waals surface area contributed by atoms with Crippen LogP contribution in [0.1, 0.15) is 60.9 Å². The number of hydrogen-bond donors (Lipinski definition) is 2. The van der Waals surface area contributed by atoms with E-state index in [1.807, 2.05) is 6.92 Å². The van der Waals surface area contributed by atoms with Gasteiger partial charge in [-0.15, -0.1) is 0 Å². The predicted molar refractivity (Wildman–Crippen MR) is 142 cm³/mol. The fraction of sp³-hybridized carbons (Fsp3) is 0.708. The van der Waals surface area contributed by atoms with Gasteiger partial charge >= 0.3 is 19.5 Å². The van der Waals surface area contributed by atoms with Gasteiger partial charge in [-0.25, -0.2) is 15.0 Å². The number of nitrogens with zero attached hydrogens (tertiary/aromatic N) is 4. The minimum atomic E-state index is -4.01. The van der Waals surface area contributed by atoms with Crippen molar-refractivity contribution in [3.63, 3.8) is 0 Å². The zero-order valence-electron chi connectivity index (χ0n) is 23.6. The second-order valence-corrected chi connectivity index (χ2v) is 12.7. The molecule has 220 valence electrons. The van der Waals surface area contributed by atoms with E-state index in [1.54, 1.807) is 52.4 Å². The van der Waals surface area contributed by atoms with Gasteiger partial charge < -0.3 is 29.2 Å². The van der Waals surface area contributed by atoms with E-state index in [1.165, 1.54) is 6.33 Å². The van der Waals surface area contributed by atoms with Gasteiger partial charge in [-0.05, 0) is 54.9 Å². The fourth-order valence-corrected chi connectivity index (χ4v) is 4.00. The highest BCUT2D eigenvalue weighted by molar-refractivity contribution is 7.53. The number of carbonyl (C=O) groups is 2. The Morgan fingerprint density at radius 3 is 2.13 bits per heavy atom. The van der Waals surface area contributed by atoms with Gasteiger partial charge in [-0.1, -0.05) is 0 Å². The highest BCUT2D eigenvalue weighted by atomic mass is 31.2. The van der Waals surface area contributed by atoms with Gasteiger partial charge in [0, 0.05) is 13.2 Å². The lowest BCUT2D eigenvalue weighted by molar-refractivity contribution is -0.162. The molecule has 0 bridgehead atoms. The van der Waals surface area contributed by atoms with E-state index >= 15 is 0 Å². The van der Waals surface area contributed by atoms with Gasteiger partial charge in [0.25, 0.3) is 0 Å². The van der Waals surface area contributed by atoms with Crippen LogP contribution < -0.4 is 5.32 Å². The Kier molecular flexibility index (Phi) is 11.8. The predicted octanol–water partition coefficient (Wildman–Crippen LogP) is 3.48. The number of imidazole rings is 1. The first-order chi connectivity index (χ1) is 18.2. The highest BCUT2D eigenvalue weighted by Crippen LogP contribution is 2.48. The van der Waals surface area contributed by atoms with Crippen LogP contribution in [0.25, 0.3) is 11.2 Å². The van der Waals surface area contributed by atoms with E-state index in [-0.39, 0.29) is 13.2 Å². The van der Waals surface area contributed by atoms with Gasteiger partial charge in [0.1, 0.15) is 18.2 Å². The molecule has 0 aliphatic rings. The van der Waals surface area contributed by atoms with Crippen molar-refractivity contribution in [1.82, 2.24) is 19.5 Å². The van der Waals surface area contributed by atoms with E-state index in [9.17, 15) is 19.3 Å². The van der Waals surface area contributed by atoms with E-state index in [4.69, 9.17) is 23.3 Å². The van der Waals surface area contributed by atoms with Gasteiger partial charge in [0.15, 0.2) is 11.5 Å². The number of esters is 2. The maximum atomic E-state index is 13.3. The molecule has 39 heavy (non-hydrogen) atoms. The molecule has 2 heterocycles. The monoisotopic (exact) mass is 573 g/mol. The van der Waals surface area contributed by atoms with E-state index < -0.39 is 56.3 Å². The maximum Gasteiger partial charge on any atom is 0.361 e. The molecular weight excluding hydrogens is 533 g/mol. The van der Waals surface area contributed by atoms with Crippen molar-refractivity contribution in [2.75, 3.05) is 45.0 Å². The summed E-state index contributed by atoms with van der Waals surface area (Å²) in [5.74, 6) is -0.536. The van der Waals surface area contributed by atoms with Gasteiger partial charge in [-0.3, -0.25) is 23.2 Å². The standard InChI is InChI=1S/C24H40N5O9P/c1-8-25-19-18-20(27-12-26-19)29(13-28-18)17(11-30)9-10-34-16-39(33,37-14-35-21(31)23(2,3)4)38-15-36-22(32)24(5,6)7/h12-13,17,30H,8-11,14-16H2,1-7H3,(H,25,26,27). The zero-order chi connectivity index (χ0) is 29.3. The number of aliphatic hydroxyl groups excluding tert-OH is 1. The average molecular weight is 574 g/mol. The molecular formula is C24H40N5O9P. The molecule has 14 nitrogen and oxygen atoms in total. The molecule has 0 spiro atoms. The Balaban J connectivity index is 2.00. The third-order valence-corrected chi connectivity index (χ3v) is 6.75. The normalized spacial score (nSPS) is 13.3. The fourth-order valence-electron chi connectivity index (χ4n) is 3.00. The molecule has 0 amide bonds. The lowest BCUT2D eigenvalue weighted by Gasteiger charge is -2.22. The largest absolute Gasteiger partial charge is 0.438 e. The molecule has 0 aromatic carbocycles. The van der Waals surface area contributed by atoms with Crippen LogP contribution in [0.15, 0.2) is 12.7 Å². The number of fused-ring (bicyclic) bond motifs is 1. The number of anilines is 1. The lowest BCUT2D eigenvalue weighted by Crippen LogP contribution is -2.25. The van der Waals surface area contributed by atoms with Crippen molar-refractivity contribution in [3.8, 4) is 0 Å². The number of aliphatic hydroxyl groups is 1. The SMILES string of the molecule is CCNc1ncnc2c1ncn2C(CO)CCOCP(=O)(OCOC(=O)C(C)(C)C)OCOC(=O)C(C)(C)C. The molecule has 2 aromatic heterocycles. The molecule has 0 saturated carbocycles. The zero-order valence-corrected chi connectivity index (χ0v) is 24.5. The molecule has 2 N–H and O–H groups in total. The Hall–Kier alpha value is -2.64.